The molecule has 0 aromatic heterocycles. The van der Waals surface area contributed by atoms with Crippen LogP contribution in [-0.4, -0.2) is 22.6 Å². The minimum absolute atomic E-state index is 0.0999. The molecule has 0 aliphatic rings. The zero-order chi connectivity index (χ0) is 15.5. The van der Waals surface area contributed by atoms with E-state index < -0.39 is 10.1 Å². The summed E-state index contributed by atoms with van der Waals surface area (Å²) in [6, 6.07) is 11.0. The van der Waals surface area contributed by atoms with E-state index >= 15 is 0 Å². The van der Waals surface area contributed by atoms with E-state index in [1.54, 1.807) is 18.2 Å². The summed E-state index contributed by atoms with van der Waals surface area (Å²) >= 11 is 0. The third-order valence-electron chi connectivity index (χ3n) is 2.87. The van der Waals surface area contributed by atoms with E-state index in [0.717, 1.165) is 5.56 Å². The fraction of sp³-hybridized carbons (Fsp3) is 0.200. The highest BCUT2D eigenvalue weighted by Gasteiger charge is 2.17. The summed E-state index contributed by atoms with van der Waals surface area (Å²) < 4.78 is 39.7. The maximum atomic E-state index is 12.2. The van der Waals surface area contributed by atoms with Crippen LogP contribution < -0.4 is 13.7 Å². The number of hydrogen-bond donors (Lipinski definition) is 0. The van der Waals surface area contributed by atoms with Crippen molar-refractivity contribution in [2.75, 3.05) is 14.2 Å². The predicted molar refractivity (Wildman–Crippen MR) is 78.5 cm³/mol. The second-order valence-corrected chi connectivity index (χ2v) is 5.91. The molecule has 2 aromatic rings. The van der Waals surface area contributed by atoms with Gasteiger partial charge < -0.3 is 13.7 Å². The quantitative estimate of drug-likeness (QED) is 0.795. The van der Waals surface area contributed by atoms with E-state index in [0.29, 0.717) is 11.5 Å². The lowest BCUT2D eigenvalue weighted by molar-refractivity contribution is 0.353. The molecule has 0 unspecified atom stereocenters. The van der Waals surface area contributed by atoms with E-state index in [1.165, 1.54) is 38.5 Å². The zero-order valence-corrected chi connectivity index (χ0v) is 12.8. The summed E-state index contributed by atoms with van der Waals surface area (Å²) in [7, 11) is -0.901. The average molecular weight is 308 g/mol. The van der Waals surface area contributed by atoms with Gasteiger partial charge in [0.25, 0.3) is 0 Å². The highest BCUT2D eigenvalue weighted by molar-refractivity contribution is 7.87. The average Bonchev–Trinajstić information content (AvgIpc) is 2.47. The van der Waals surface area contributed by atoms with Crippen LogP contribution in [0.25, 0.3) is 0 Å². The van der Waals surface area contributed by atoms with Gasteiger partial charge in [-0.3, -0.25) is 0 Å². The Morgan fingerprint density at radius 3 is 2.05 bits per heavy atom. The van der Waals surface area contributed by atoms with Gasteiger partial charge in [0, 0.05) is 6.07 Å². The molecule has 0 aliphatic carbocycles. The van der Waals surface area contributed by atoms with Gasteiger partial charge in [-0.25, -0.2) is 0 Å². The van der Waals surface area contributed by atoms with Gasteiger partial charge in [0.15, 0.2) is 11.5 Å². The van der Waals surface area contributed by atoms with Crippen LogP contribution in [0.2, 0.25) is 0 Å². The molecule has 112 valence electrons. The Morgan fingerprint density at radius 1 is 0.857 bits per heavy atom. The maximum Gasteiger partial charge on any atom is 0.339 e. The molecule has 0 saturated heterocycles. The van der Waals surface area contributed by atoms with Gasteiger partial charge in [0.2, 0.25) is 0 Å². The Kier molecular flexibility index (Phi) is 4.37. The molecule has 0 amide bonds. The van der Waals surface area contributed by atoms with E-state index in [4.69, 9.17) is 13.7 Å². The standard InChI is InChI=1S/C15H16O5S/c1-11-4-7-13(8-5-11)21(16,17)20-12-6-9-14(18-2)15(10-12)19-3/h4-10H,1-3H3. The second kappa shape index (κ2) is 6.05. The van der Waals surface area contributed by atoms with Crippen LogP contribution in [0.3, 0.4) is 0 Å². The van der Waals surface area contributed by atoms with Crippen molar-refractivity contribution in [3.63, 3.8) is 0 Å². The number of hydrogen-bond acceptors (Lipinski definition) is 5. The van der Waals surface area contributed by atoms with Crippen molar-refractivity contribution in [3.8, 4) is 17.2 Å². The van der Waals surface area contributed by atoms with Crippen molar-refractivity contribution in [1.29, 1.82) is 0 Å². The molecule has 0 radical (unpaired) electrons. The second-order valence-electron chi connectivity index (χ2n) is 4.37. The van der Waals surface area contributed by atoms with Crippen molar-refractivity contribution in [2.24, 2.45) is 0 Å². The summed E-state index contributed by atoms with van der Waals surface area (Å²) in [5.41, 5.74) is 0.972. The first-order valence-electron chi connectivity index (χ1n) is 6.19. The molecule has 2 rings (SSSR count). The minimum Gasteiger partial charge on any atom is -0.493 e. The maximum absolute atomic E-state index is 12.2. The first-order chi connectivity index (χ1) is 9.96. The molecule has 21 heavy (non-hydrogen) atoms. The summed E-state index contributed by atoms with van der Waals surface area (Å²) in [6.07, 6.45) is 0. The van der Waals surface area contributed by atoms with E-state index in [9.17, 15) is 8.42 Å². The third kappa shape index (κ3) is 3.46. The SMILES string of the molecule is COc1ccc(OS(=O)(=O)c2ccc(C)cc2)cc1OC. The Labute approximate surface area is 124 Å². The van der Waals surface area contributed by atoms with E-state index in [2.05, 4.69) is 0 Å². The van der Waals surface area contributed by atoms with Crippen LogP contribution in [0.15, 0.2) is 47.4 Å². The van der Waals surface area contributed by atoms with Crippen LogP contribution >= 0.6 is 0 Å². The minimum atomic E-state index is -3.87. The van der Waals surface area contributed by atoms with Crippen LogP contribution in [-0.2, 0) is 10.1 Å². The topological polar surface area (TPSA) is 61.8 Å². The molecule has 2 aromatic carbocycles. The lowest BCUT2D eigenvalue weighted by Crippen LogP contribution is -2.09. The molecule has 0 bridgehead atoms. The fourth-order valence-electron chi connectivity index (χ4n) is 1.75. The third-order valence-corrected chi connectivity index (χ3v) is 4.13. The van der Waals surface area contributed by atoms with E-state index in [-0.39, 0.29) is 10.6 Å². The van der Waals surface area contributed by atoms with Gasteiger partial charge >= 0.3 is 10.1 Å². The fourth-order valence-corrected chi connectivity index (χ4v) is 2.67. The van der Waals surface area contributed by atoms with Crippen molar-refractivity contribution in [3.05, 3.63) is 48.0 Å². The number of aryl methyl sites for hydroxylation is 1. The Hall–Kier alpha value is -2.21. The highest BCUT2D eigenvalue weighted by Crippen LogP contribution is 2.32. The van der Waals surface area contributed by atoms with E-state index in [1.807, 2.05) is 6.92 Å². The Balaban J connectivity index is 2.30. The molecule has 0 fully saturated rings. The summed E-state index contributed by atoms with van der Waals surface area (Å²) in [4.78, 5) is 0.0999. The molecule has 0 atom stereocenters. The zero-order valence-electron chi connectivity index (χ0n) is 12.0. The van der Waals surface area contributed by atoms with Crippen molar-refractivity contribution in [2.45, 2.75) is 11.8 Å². The van der Waals surface area contributed by atoms with Gasteiger partial charge in [-0.15, -0.1) is 0 Å². The highest BCUT2D eigenvalue weighted by atomic mass is 32.2. The number of rotatable bonds is 5. The van der Waals surface area contributed by atoms with Gasteiger partial charge in [0.05, 0.1) is 14.2 Å². The van der Waals surface area contributed by atoms with Gasteiger partial charge in [-0.2, -0.15) is 8.42 Å². The molecule has 6 heteroatoms. The molecule has 5 nitrogen and oxygen atoms in total. The Bertz CT molecular complexity index is 720. The molecule has 0 N–H and O–H groups in total. The van der Waals surface area contributed by atoms with Crippen LogP contribution in [0, 0.1) is 6.92 Å². The van der Waals surface area contributed by atoms with Gasteiger partial charge in [-0.05, 0) is 31.2 Å². The number of ether oxygens (including phenoxy) is 2. The van der Waals surface area contributed by atoms with Crippen molar-refractivity contribution in [1.82, 2.24) is 0 Å². The number of methoxy groups -OCH3 is 2. The largest absolute Gasteiger partial charge is 0.493 e. The van der Waals surface area contributed by atoms with Gasteiger partial charge in [0.1, 0.15) is 10.6 Å². The molecule has 0 spiro atoms. The predicted octanol–water partition coefficient (Wildman–Crippen LogP) is 2.78. The molecule has 0 heterocycles. The first kappa shape index (κ1) is 15.2. The van der Waals surface area contributed by atoms with Crippen LogP contribution in [0.5, 0.6) is 17.2 Å². The lowest BCUT2D eigenvalue weighted by atomic mass is 10.2. The van der Waals surface area contributed by atoms with Crippen molar-refractivity contribution >= 4 is 10.1 Å². The normalized spacial score (nSPS) is 11.0. The monoisotopic (exact) mass is 308 g/mol. The lowest BCUT2D eigenvalue weighted by Gasteiger charge is -2.11. The smallest absolute Gasteiger partial charge is 0.339 e. The summed E-state index contributed by atoms with van der Waals surface area (Å²) in [5, 5.41) is 0. The number of benzene rings is 2. The van der Waals surface area contributed by atoms with Crippen LogP contribution in [0.1, 0.15) is 5.56 Å². The van der Waals surface area contributed by atoms with Gasteiger partial charge in [-0.1, -0.05) is 17.7 Å². The van der Waals surface area contributed by atoms with Crippen LogP contribution in [0.4, 0.5) is 0 Å². The van der Waals surface area contributed by atoms with Crippen molar-refractivity contribution < 1.29 is 22.1 Å². The summed E-state index contributed by atoms with van der Waals surface area (Å²) in [5.74, 6) is 1.06. The molecular weight excluding hydrogens is 292 g/mol. The first-order valence-corrected chi connectivity index (χ1v) is 7.60. The summed E-state index contributed by atoms with van der Waals surface area (Å²) in [6.45, 7) is 1.88. The molecule has 0 saturated carbocycles. The molecule has 0 aliphatic heterocycles. The molecular formula is C15H16O5S. The Morgan fingerprint density at radius 2 is 1.48 bits per heavy atom.